The molecule has 0 aromatic heterocycles. The van der Waals surface area contributed by atoms with Crippen molar-refractivity contribution in [3.8, 4) is 0 Å². The SMILES string of the molecule is ClC1(Cl)C2c3ccccc3Nc3ccccc3C21. The van der Waals surface area contributed by atoms with Crippen molar-refractivity contribution in [1.82, 2.24) is 0 Å². The minimum Gasteiger partial charge on any atom is -0.355 e. The second-order valence-corrected chi connectivity index (χ2v) is 6.37. The lowest BCUT2D eigenvalue weighted by molar-refractivity contribution is 1.05. The Morgan fingerprint density at radius 1 is 0.778 bits per heavy atom. The van der Waals surface area contributed by atoms with Gasteiger partial charge in [-0.15, -0.1) is 23.2 Å². The van der Waals surface area contributed by atoms with Crippen molar-refractivity contribution in [1.29, 1.82) is 0 Å². The molecule has 0 saturated heterocycles. The summed E-state index contributed by atoms with van der Waals surface area (Å²) in [5.41, 5.74) is 4.65. The average Bonchev–Trinajstić information content (AvgIpc) is 2.98. The van der Waals surface area contributed by atoms with Crippen molar-refractivity contribution in [3.05, 3.63) is 59.7 Å². The number of alkyl halides is 2. The molecule has 0 bridgehead atoms. The lowest BCUT2D eigenvalue weighted by Gasteiger charge is -2.13. The van der Waals surface area contributed by atoms with Crippen LogP contribution < -0.4 is 5.32 Å². The van der Waals surface area contributed by atoms with Gasteiger partial charge in [0.05, 0.1) is 0 Å². The highest BCUT2D eigenvalue weighted by molar-refractivity contribution is 6.52. The molecule has 90 valence electrons. The summed E-state index contributed by atoms with van der Waals surface area (Å²) < 4.78 is -0.672. The maximum absolute atomic E-state index is 6.48. The standard InChI is InChI=1S/C15H11Cl2N/c16-15(17)13-9-5-1-3-7-11(9)18-12-8-4-2-6-10(12)14(13)15/h1-8,13-14,18H. The minimum absolute atomic E-state index is 0.188. The Hall–Kier alpha value is -1.18. The molecular formula is C15H11Cl2N. The Bertz CT molecular complexity index is 582. The molecule has 1 nitrogen and oxygen atoms in total. The van der Waals surface area contributed by atoms with Crippen LogP contribution in [0.2, 0.25) is 0 Å². The van der Waals surface area contributed by atoms with E-state index in [9.17, 15) is 0 Å². The molecule has 0 spiro atoms. The monoisotopic (exact) mass is 275 g/mol. The maximum Gasteiger partial charge on any atom is 0.133 e. The van der Waals surface area contributed by atoms with Crippen molar-refractivity contribution in [2.75, 3.05) is 5.32 Å². The highest BCUT2D eigenvalue weighted by Gasteiger charge is 2.66. The molecule has 0 radical (unpaired) electrons. The molecule has 2 atom stereocenters. The Balaban J connectivity index is 1.98. The van der Waals surface area contributed by atoms with Crippen LogP contribution in [0.25, 0.3) is 0 Å². The van der Waals surface area contributed by atoms with Crippen molar-refractivity contribution < 1.29 is 0 Å². The molecule has 0 amide bonds. The topological polar surface area (TPSA) is 12.0 Å². The zero-order valence-corrected chi connectivity index (χ0v) is 11.0. The number of hydrogen-bond donors (Lipinski definition) is 1. The summed E-state index contributed by atoms with van der Waals surface area (Å²) in [6.45, 7) is 0. The van der Waals surface area contributed by atoms with Gasteiger partial charge in [-0.1, -0.05) is 36.4 Å². The van der Waals surface area contributed by atoms with Gasteiger partial charge < -0.3 is 5.32 Å². The maximum atomic E-state index is 6.48. The molecule has 1 aliphatic carbocycles. The van der Waals surface area contributed by atoms with E-state index in [1.165, 1.54) is 11.1 Å². The van der Waals surface area contributed by atoms with E-state index in [1.54, 1.807) is 0 Å². The van der Waals surface area contributed by atoms with Gasteiger partial charge in [-0.05, 0) is 23.3 Å². The van der Waals surface area contributed by atoms with Crippen LogP contribution >= 0.6 is 23.2 Å². The fourth-order valence-corrected chi connectivity index (χ4v) is 3.86. The van der Waals surface area contributed by atoms with Crippen LogP contribution in [0.15, 0.2) is 48.5 Å². The first-order valence-corrected chi connectivity index (χ1v) is 6.78. The first-order chi connectivity index (χ1) is 8.69. The molecule has 1 heterocycles. The van der Waals surface area contributed by atoms with Gasteiger partial charge in [-0.2, -0.15) is 0 Å². The second kappa shape index (κ2) is 3.43. The van der Waals surface area contributed by atoms with Crippen molar-refractivity contribution in [2.45, 2.75) is 16.2 Å². The van der Waals surface area contributed by atoms with E-state index in [1.807, 2.05) is 24.3 Å². The fraction of sp³-hybridized carbons (Fsp3) is 0.200. The summed E-state index contributed by atoms with van der Waals surface area (Å²) in [4.78, 5) is 0. The Kier molecular flexibility index (Phi) is 2.04. The molecule has 18 heavy (non-hydrogen) atoms. The third-order valence-corrected chi connectivity index (χ3v) is 4.85. The lowest BCUT2D eigenvalue weighted by atomic mass is 10.0. The molecule has 2 aliphatic rings. The lowest BCUT2D eigenvalue weighted by Crippen LogP contribution is -2.00. The zero-order valence-electron chi connectivity index (χ0n) is 9.53. The summed E-state index contributed by atoms with van der Waals surface area (Å²) in [7, 11) is 0. The Morgan fingerprint density at radius 3 is 1.72 bits per heavy atom. The van der Waals surface area contributed by atoms with Crippen molar-refractivity contribution in [2.24, 2.45) is 0 Å². The van der Waals surface area contributed by atoms with Crippen LogP contribution in [0.4, 0.5) is 11.4 Å². The molecule has 2 aromatic rings. The zero-order chi connectivity index (χ0) is 12.3. The second-order valence-electron chi connectivity index (χ2n) is 4.93. The predicted octanol–water partition coefficient (Wildman–Crippen LogP) is 4.80. The van der Waals surface area contributed by atoms with Crippen LogP contribution in [0.3, 0.4) is 0 Å². The van der Waals surface area contributed by atoms with Crippen LogP contribution in [0.1, 0.15) is 23.0 Å². The van der Waals surface area contributed by atoms with E-state index in [0.717, 1.165) is 11.4 Å². The quantitative estimate of drug-likeness (QED) is 0.681. The third-order valence-electron chi connectivity index (χ3n) is 3.91. The number of rotatable bonds is 0. The summed E-state index contributed by atoms with van der Waals surface area (Å²) in [5, 5.41) is 3.48. The summed E-state index contributed by atoms with van der Waals surface area (Å²) in [6, 6.07) is 16.5. The van der Waals surface area contributed by atoms with E-state index in [0.29, 0.717) is 0 Å². The van der Waals surface area contributed by atoms with Gasteiger partial charge in [0.1, 0.15) is 4.33 Å². The fourth-order valence-electron chi connectivity index (χ4n) is 3.01. The number of nitrogens with one attached hydrogen (secondary N) is 1. The number of anilines is 2. The number of halogens is 2. The van der Waals surface area contributed by atoms with Crippen LogP contribution in [0.5, 0.6) is 0 Å². The normalized spacial score (nSPS) is 26.1. The molecule has 3 heteroatoms. The van der Waals surface area contributed by atoms with Crippen LogP contribution in [0, 0.1) is 0 Å². The smallest absolute Gasteiger partial charge is 0.133 e. The van der Waals surface area contributed by atoms with Gasteiger partial charge in [-0.25, -0.2) is 0 Å². The molecule has 4 rings (SSSR count). The number of para-hydroxylation sites is 2. The van der Waals surface area contributed by atoms with Crippen LogP contribution in [-0.2, 0) is 0 Å². The van der Waals surface area contributed by atoms with Gasteiger partial charge in [0.15, 0.2) is 0 Å². The molecule has 1 aliphatic heterocycles. The first kappa shape index (κ1) is 10.7. The van der Waals surface area contributed by atoms with Gasteiger partial charge >= 0.3 is 0 Å². The molecule has 2 unspecified atom stereocenters. The van der Waals surface area contributed by atoms with E-state index in [2.05, 4.69) is 29.6 Å². The molecule has 1 saturated carbocycles. The van der Waals surface area contributed by atoms with Gasteiger partial charge in [-0.3, -0.25) is 0 Å². The molecule has 2 aromatic carbocycles. The molecule has 1 N–H and O–H groups in total. The average molecular weight is 276 g/mol. The van der Waals surface area contributed by atoms with E-state index >= 15 is 0 Å². The summed E-state index contributed by atoms with van der Waals surface area (Å²) in [5.74, 6) is 0.376. The van der Waals surface area contributed by atoms with Gasteiger partial charge in [0.25, 0.3) is 0 Å². The van der Waals surface area contributed by atoms with E-state index < -0.39 is 4.33 Å². The van der Waals surface area contributed by atoms with Crippen LogP contribution in [-0.4, -0.2) is 4.33 Å². The molecular weight excluding hydrogens is 265 g/mol. The van der Waals surface area contributed by atoms with Gasteiger partial charge in [0, 0.05) is 23.2 Å². The number of benzene rings is 2. The molecule has 1 fully saturated rings. The van der Waals surface area contributed by atoms with Crippen molar-refractivity contribution in [3.63, 3.8) is 0 Å². The Labute approximate surface area is 116 Å². The van der Waals surface area contributed by atoms with Crippen molar-refractivity contribution >= 4 is 34.6 Å². The van der Waals surface area contributed by atoms with E-state index in [4.69, 9.17) is 23.2 Å². The number of fused-ring (bicyclic) bond motifs is 5. The first-order valence-electron chi connectivity index (χ1n) is 6.02. The highest BCUT2D eigenvalue weighted by Crippen LogP contribution is 2.72. The number of hydrogen-bond acceptors (Lipinski definition) is 1. The summed E-state index contributed by atoms with van der Waals surface area (Å²) >= 11 is 13.0. The highest BCUT2D eigenvalue weighted by atomic mass is 35.5. The minimum atomic E-state index is -0.672. The Morgan fingerprint density at radius 2 is 1.22 bits per heavy atom. The largest absolute Gasteiger partial charge is 0.355 e. The predicted molar refractivity (Wildman–Crippen MR) is 76.1 cm³/mol. The van der Waals surface area contributed by atoms with Gasteiger partial charge in [0.2, 0.25) is 0 Å². The summed E-state index contributed by atoms with van der Waals surface area (Å²) in [6.07, 6.45) is 0. The van der Waals surface area contributed by atoms with E-state index in [-0.39, 0.29) is 11.8 Å². The third kappa shape index (κ3) is 1.29.